The maximum Gasteiger partial charge on any atom is 0.184 e. The molecule has 1 aromatic rings. The molecule has 28 heavy (non-hydrogen) atoms. The number of aromatic amines is 1. The van der Waals surface area contributed by atoms with Gasteiger partial charge in [0, 0.05) is 6.42 Å². The third-order valence-corrected chi connectivity index (χ3v) is 6.99. The van der Waals surface area contributed by atoms with Gasteiger partial charge in [-0.25, -0.2) is 10.1 Å². The molecule has 0 saturated carbocycles. The number of rotatable bonds is 0. The molecule has 138 valence electrons. The molecule has 0 aliphatic carbocycles. The quantitative estimate of drug-likeness (QED) is 0.459. The van der Waals surface area contributed by atoms with Crippen LogP contribution in [0.15, 0.2) is 52.2 Å². The molecule has 8 heteroatoms. The van der Waals surface area contributed by atoms with Crippen molar-refractivity contribution >= 4 is 17.2 Å². The Morgan fingerprint density at radius 2 is 2.00 bits per heavy atom. The minimum Gasteiger partial charge on any atom is -0.487 e. The predicted octanol–water partition coefficient (Wildman–Crippen LogP) is -0.765. The third kappa shape index (κ3) is 1.29. The van der Waals surface area contributed by atoms with Gasteiger partial charge in [0.15, 0.2) is 29.1 Å². The highest BCUT2D eigenvalue weighted by Gasteiger charge is 2.67. The lowest BCUT2D eigenvalue weighted by Crippen LogP contribution is -2.64. The molecule has 6 atom stereocenters. The number of H-pyrrole nitrogens is 1. The lowest BCUT2D eigenvalue weighted by atomic mass is 9.96. The second kappa shape index (κ2) is 3.92. The Bertz CT molecular complexity index is 1280. The van der Waals surface area contributed by atoms with E-state index in [-0.39, 0.29) is 36.4 Å². The first-order chi connectivity index (χ1) is 13.8. The Morgan fingerprint density at radius 1 is 1.07 bits per heavy atom. The molecule has 0 spiro atoms. The van der Waals surface area contributed by atoms with E-state index in [1.54, 1.807) is 0 Å². The van der Waals surface area contributed by atoms with Gasteiger partial charge in [0.25, 0.3) is 0 Å². The molecular weight excluding hydrogens is 360 g/mol. The highest BCUT2D eigenvalue weighted by Crippen LogP contribution is 2.54. The van der Waals surface area contributed by atoms with E-state index in [0.717, 1.165) is 57.3 Å². The van der Waals surface area contributed by atoms with Gasteiger partial charge in [-0.1, -0.05) is 0 Å². The molecule has 4 saturated heterocycles. The number of nitrogens with zero attached hydrogens (tertiary/aromatic N) is 2. The van der Waals surface area contributed by atoms with E-state index in [0.29, 0.717) is 0 Å². The van der Waals surface area contributed by atoms with Gasteiger partial charge >= 0.3 is 0 Å². The molecular formula is C20H14N4O4. The number of hydroxylamine groups is 2. The lowest BCUT2D eigenvalue weighted by Gasteiger charge is -2.46. The number of morpholine rings is 1. The lowest BCUT2D eigenvalue weighted by molar-refractivity contribution is -0.258. The summed E-state index contributed by atoms with van der Waals surface area (Å²) in [6.07, 6.45) is 4.88. The summed E-state index contributed by atoms with van der Waals surface area (Å²) in [6, 6.07) is 4.32. The number of epoxide rings is 1. The maximum absolute atomic E-state index is 6.62. The molecule has 0 radical (unpaired) electrons. The van der Waals surface area contributed by atoms with Gasteiger partial charge in [-0.2, -0.15) is 0 Å². The zero-order valence-electron chi connectivity index (χ0n) is 14.5. The van der Waals surface area contributed by atoms with Gasteiger partial charge in [-0.05, 0) is 24.3 Å². The highest BCUT2D eigenvalue weighted by atomic mass is 16.7. The summed E-state index contributed by atoms with van der Waals surface area (Å²) in [5.74, 6) is 3.29. The number of hydrogen-bond acceptors (Lipinski definition) is 7. The molecule has 4 fully saturated rings. The first-order valence-corrected chi connectivity index (χ1v) is 9.76. The van der Waals surface area contributed by atoms with Gasteiger partial charge in [-0.15, -0.1) is 0 Å². The van der Waals surface area contributed by atoms with Gasteiger partial charge in [0.1, 0.15) is 35.4 Å². The molecule has 6 unspecified atom stereocenters. The van der Waals surface area contributed by atoms with Crippen LogP contribution in [-0.2, 0) is 19.0 Å². The van der Waals surface area contributed by atoms with Crippen LogP contribution in [0.3, 0.4) is 0 Å². The minimum absolute atomic E-state index is 0.0138. The minimum atomic E-state index is -0.0566. The van der Waals surface area contributed by atoms with E-state index in [1.807, 2.05) is 29.3 Å². The van der Waals surface area contributed by atoms with Crippen molar-refractivity contribution in [3.63, 3.8) is 0 Å². The summed E-state index contributed by atoms with van der Waals surface area (Å²) in [4.78, 5) is 14.8. The SMILES string of the molecule is C1=CC2=C3OC4C5NC3CC5ON3C(=C5OC5C43)C3=c4ccc([nH]4)=C(O3)C1=N2. The van der Waals surface area contributed by atoms with Crippen LogP contribution >= 0.6 is 0 Å². The van der Waals surface area contributed by atoms with E-state index < -0.39 is 0 Å². The molecule has 13 bridgehead atoms. The molecule has 8 nitrogen and oxygen atoms in total. The van der Waals surface area contributed by atoms with Crippen LogP contribution in [0.25, 0.3) is 11.5 Å². The summed E-state index contributed by atoms with van der Waals surface area (Å²) in [7, 11) is 0. The molecule has 0 amide bonds. The summed E-state index contributed by atoms with van der Waals surface area (Å²) in [5, 5.41) is 7.57. The Labute approximate surface area is 158 Å². The van der Waals surface area contributed by atoms with Crippen molar-refractivity contribution < 1.29 is 19.0 Å². The predicted molar refractivity (Wildman–Crippen MR) is 94.1 cm³/mol. The fraction of sp³-hybridized carbons (Fsp3) is 0.350. The highest BCUT2D eigenvalue weighted by molar-refractivity contribution is 6.24. The fourth-order valence-corrected chi connectivity index (χ4v) is 5.76. The van der Waals surface area contributed by atoms with Gasteiger partial charge in [0.05, 0.1) is 22.8 Å². The van der Waals surface area contributed by atoms with Crippen LogP contribution < -0.4 is 16.0 Å². The molecule has 8 aliphatic rings. The molecule has 2 N–H and O–H groups in total. The van der Waals surface area contributed by atoms with Crippen LogP contribution in [0.1, 0.15) is 6.42 Å². The Morgan fingerprint density at radius 3 is 2.96 bits per heavy atom. The number of fused-ring (bicyclic) bond motifs is 11. The Hall–Kier alpha value is -2.97. The second-order valence-electron chi connectivity index (χ2n) is 8.40. The van der Waals surface area contributed by atoms with E-state index in [1.165, 1.54) is 0 Å². The number of allylic oxidation sites excluding steroid dienone is 1. The summed E-state index contributed by atoms with van der Waals surface area (Å²) in [6.45, 7) is 0. The summed E-state index contributed by atoms with van der Waals surface area (Å²) >= 11 is 0. The Kier molecular flexibility index (Phi) is 1.85. The number of aliphatic imine (C=N–C) groups is 1. The van der Waals surface area contributed by atoms with Crippen LogP contribution in [-0.4, -0.2) is 52.2 Å². The molecule has 1 aromatic heterocycles. The second-order valence-corrected chi connectivity index (χ2v) is 8.40. The van der Waals surface area contributed by atoms with Crippen molar-refractivity contribution in [2.75, 3.05) is 0 Å². The van der Waals surface area contributed by atoms with Gasteiger partial charge < -0.3 is 19.2 Å². The number of nitrogens with one attached hydrogen (secondary N) is 2. The van der Waals surface area contributed by atoms with Crippen LogP contribution in [0.4, 0.5) is 0 Å². The zero-order valence-corrected chi connectivity index (χ0v) is 14.5. The van der Waals surface area contributed by atoms with Gasteiger partial charge in [0.2, 0.25) is 0 Å². The summed E-state index contributed by atoms with van der Waals surface area (Å²) in [5.41, 5.74) is 2.54. The van der Waals surface area contributed by atoms with Crippen molar-refractivity contribution in [3.8, 4) is 0 Å². The third-order valence-electron chi connectivity index (χ3n) is 6.99. The van der Waals surface area contributed by atoms with Crippen molar-refractivity contribution in [1.29, 1.82) is 0 Å². The van der Waals surface area contributed by atoms with Crippen molar-refractivity contribution in [2.45, 2.75) is 42.9 Å². The van der Waals surface area contributed by atoms with E-state index in [2.05, 4.69) is 10.3 Å². The number of aromatic nitrogens is 1. The van der Waals surface area contributed by atoms with Gasteiger partial charge in [-0.3, -0.25) is 10.2 Å². The normalized spacial score (nSPS) is 41.6. The average Bonchev–Trinajstić information content (AvgIpc) is 3.13. The molecule has 9 heterocycles. The van der Waals surface area contributed by atoms with Crippen molar-refractivity contribution in [2.24, 2.45) is 4.99 Å². The molecule has 0 aromatic carbocycles. The first kappa shape index (κ1) is 13.2. The standard InChI is InChI=1S/C20H14N4O4/c1-2-8-16-10-5-11-12(23-10)18(26-16)14-20-19(27-20)13(24(14)28-11)17-9-4-3-7(22-9)15(25-17)6(1)21-8/h1-4,10-12,14,18,20,22-23H,5H2. The van der Waals surface area contributed by atoms with Crippen LogP contribution in [0, 0.1) is 0 Å². The first-order valence-electron chi connectivity index (χ1n) is 9.76. The van der Waals surface area contributed by atoms with E-state index in [4.69, 9.17) is 24.0 Å². The monoisotopic (exact) mass is 374 g/mol. The van der Waals surface area contributed by atoms with Crippen LogP contribution in [0.5, 0.6) is 0 Å². The van der Waals surface area contributed by atoms with E-state index >= 15 is 0 Å². The zero-order chi connectivity index (χ0) is 17.7. The molecule has 9 rings (SSSR count). The average molecular weight is 374 g/mol. The fourth-order valence-electron chi connectivity index (χ4n) is 5.76. The smallest absolute Gasteiger partial charge is 0.184 e. The number of ether oxygens (including phenoxy) is 3. The van der Waals surface area contributed by atoms with E-state index in [9.17, 15) is 0 Å². The van der Waals surface area contributed by atoms with Crippen molar-refractivity contribution in [3.05, 3.63) is 57.9 Å². The number of hydrogen-bond donors (Lipinski definition) is 2. The topological polar surface area (TPSA) is 83.6 Å². The largest absolute Gasteiger partial charge is 0.487 e. The maximum atomic E-state index is 6.62. The van der Waals surface area contributed by atoms with Crippen molar-refractivity contribution in [1.82, 2.24) is 15.4 Å². The Balaban J connectivity index is 1.40. The summed E-state index contributed by atoms with van der Waals surface area (Å²) < 4.78 is 19.0. The molecule has 8 aliphatic heterocycles. The van der Waals surface area contributed by atoms with Crippen LogP contribution in [0.2, 0.25) is 0 Å².